The van der Waals surface area contributed by atoms with Gasteiger partial charge in [0.05, 0.1) is 5.69 Å². The van der Waals surface area contributed by atoms with Crippen LogP contribution >= 0.6 is 0 Å². The van der Waals surface area contributed by atoms with Gasteiger partial charge in [0.2, 0.25) is 0 Å². The highest BCUT2D eigenvalue weighted by molar-refractivity contribution is 5.86. The summed E-state index contributed by atoms with van der Waals surface area (Å²) in [7, 11) is 0. The number of hydrogen-bond acceptors (Lipinski definition) is 3. The Morgan fingerprint density at radius 2 is 2.00 bits per heavy atom. The number of carboxylic acids is 1. The minimum Gasteiger partial charge on any atom is -0.476 e. The maximum atomic E-state index is 10.8. The minimum atomic E-state index is -1.05. The van der Waals surface area contributed by atoms with Crippen LogP contribution in [0.15, 0.2) is 30.5 Å². The highest BCUT2D eigenvalue weighted by Gasteiger charge is 2.12. The van der Waals surface area contributed by atoms with Crippen LogP contribution in [0.1, 0.15) is 26.4 Å². The molecule has 0 atom stereocenters. The van der Waals surface area contributed by atoms with Crippen LogP contribution in [-0.4, -0.2) is 27.1 Å². The van der Waals surface area contributed by atoms with Gasteiger partial charge in [0, 0.05) is 17.3 Å². The average Bonchev–Trinajstić information content (AvgIpc) is 2.71. The van der Waals surface area contributed by atoms with Crippen LogP contribution in [0.4, 0.5) is 0 Å². The topological polar surface area (TPSA) is 72.2 Å². The molecule has 0 aliphatic rings. The van der Waals surface area contributed by atoms with Gasteiger partial charge in [-0.1, -0.05) is 0 Å². The molecule has 0 amide bonds. The maximum absolute atomic E-state index is 10.8. The second-order valence-corrected chi connectivity index (χ2v) is 3.62. The van der Waals surface area contributed by atoms with Crippen LogP contribution in [0.5, 0.6) is 0 Å². The Hall–Kier alpha value is -2.43. The van der Waals surface area contributed by atoms with Crippen molar-refractivity contribution in [1.29, 1.82) is 0 Å². The van der Waals surface area contributed by atoms with Crippen molar-refractivity contribution in [3.63, 3.8) is 0 Å². The second-order valence-electron chi connectivity index (χ2n) is 3.62. The molecule has 1 N–H and O–H groups in total. The van der Waals surface area contributed by atoms with E-state index >= 15 is 0 Å². The minimum absolute atomic E-state index is 0.0319. The highest BCUT2D eigenvalue weighted by Crippen LogP contribution is 2.12. The number of carboxylic acid groups (broad SMARTS) is 1. The van der Waals surface area contributed by atoms with Crippen LogP contribution in [0, 0.1) is 6.92 Å². The van der Waals surface area contributed by atoms with E-state index in [4.69, 9.17) is 5.11 Å². The number of aromatic nitrogens is 2. The first kappa shape index (κ1) is 11.1. The lowest BCUT2D eigenvalue weighted by atomic mass is 10.2. The first-order chi connectivity index (χ1) is 8.11. The molecular weight excluding hydrogens is 220 g/mol. The summed E-state index contributed by atoms with van der Waals surface area (Å²) in [5.41, 5.74) is 1.91. The standard InChI is InChI=1S/C12H10N2O3/c1-8-6-14(13-11(8)12(16)17)10-4-2-9(7-15)3-5-10/h2-7H,1H3,(H,16,17). The molecule has 0 bridgehead atoms. The Morgan fingerprint density at radius 3 is 2.47 bits per heavy atom. The molecule has 0 aliphatic heterocycles. The lowest BCUT2D eigenvalue weighted by molar-refractivity contribution is 0.0689. The largest absolute Gasteiger partial charge is 0.476 e. The van der Waals surface area contributed by atoms with Gasteiger partial charge in [0.15, 0.2) is 5.69 Å². The molecule has 1 aromatic carbocycles. The van der Waals surface area contributed by atoms with Crippen molar-refractivity contribution in [2.45, 2.75) is 6.92 Å². The van der Waals surface area contributed by atoms with Gasteiger partial charge >= 0.3 is 5.97 Å². The molecule has 5 heteroatoms. The number of hydrogen-bond donors (Lipinski definition) is 1. The predicted molar refractivity (Wildman–Crippen MR) is 60.6 cm³/mol. The van der Waals surface area contributed by atoms with E-state index in [2.05, 4.69) is 5.10 Å². The number of carbonyl (C=O) groups is 2. The second kappa shape index (κ2) is 4.21. The monoisotopic (exact) mass is 230 g/mol. The third-order valence-electron chi connectivity index (χ3n) is 2.39. The lowest BCUT2D eigenvalue weighted by Crippen LogP contribution is -2.01. The zero-order valence-corrected chi connectivity index (χ0v) is 9.12. The molecule has 1 aromatic heterocycles. The molecular formula is C12H10N2O3. The first-order valence-electron chi connectivity index (χ1n) is 4.97. The quantitative estimate of drug-likeness (QED) is 0.814. The zero-order valence-electron chi connectivity index (χ0n) is 9.12. The summed E-state index contributed by atoms with van der Waals surface area (Å²) in [6.07, 6.45) is 2.39. The summed E-state index contributed by atoms with van der Waals surface area (Å²) in [5, 5.41) is 12.8. The Morgan fingerprint density at radius 1 is 1.35 bits per heavy atom. The molecule has 86 valence electrons. The Balaban J connectivity index is 2.42. The number of nitrogens with zero attached hydrogens (tertiary/aromatic N) is 2. The number of aromatic carboxylic acids is 1. The van der Waals surface area contributed by atoms with E-state index in [0.29, 0.717) is 16.8 Å². The smallest absolute Gasteiger partial charge is 0.356 e. The highest BCUT2D eigenvalue weighted by atomic mass is 16.4. The molecule has 0 fully saturated rings. The van der Waals surface area contributed by atoms with E-state index in [1.165, 1.54) is 4.68 Å². The number of aryl methyl sites for hydroxylation is 1. The predicted octanol–water partition coefficient (Wildman–Crippen LogP) is 1.69. The zero-order chi connectivity index (χ0) is 12.4. The summed E-state index contributed by atoms with van der Waals surface area (Å²) >= 11 is 0. The summed E-state index contributed by atoms with van der Waals surface area (Å²) < 4.78 is 1.48. The first-order valence-corrected chi connectivity index (χ1v) is 4.97. The van der Waals surface area contributed by atoms with Crippen molar-refractivity contribution in [3.05, 3.63) is 47.3 Å². The third kappa shape index (κ3) is 2.08. The van der Waals surface area contributed by atoms with Crippen molar-refractivity contribution in [2.24, 2.45) is 0 Å². The number of benzene rings is 1. The molecule has 5 nitrogen and oxygen atoms in total. The summed E-state index contributed by atoms with van der Waals surface area (Å²) in [5.74, 6) is -1.05. The molecule has 2 rings (SSSR count). The van der Waals surface area contributed by atoms with Crippen molar-refractivity contribution in [2.75, 3.05) is 0 Å². The van der Waals surface area contributed by atoms with E-state index in [0.717, 1.165) is 6.29 Å². The summed E-state index contributed by atoms with van der Waals surface area (Å²) in [6, 6.07) is 6.73. The van der Waals surface area contributed by atoms with Gasteiger partial charge in [0.1, 0.15) is 6.29 Å². The molecule has 2 aromatic rings. The van der Waals surface area contributed by atoms with Gasteiger partial charge in [-0.15, -0.1) is 0 Å². The normalized spacial score (nSPS) is 10.2. The molecule has 0 saturated heterocycles. The van der Waals surface area contributed by atoms with E-state index in [9.17, 15) is 9.59 Å². The summed E-state index contributed by atoms with van der Waals surface area (Å²) in [4.78, 5) is 21.3. The molecule has 0 unspecified atom stereocenters. The number of aldehydes is 1. The average molecular weight is 230 g/mol. The molecule has 1 heterocycles. The fraction of sp³-hybridized carbons (Fsp3) is 0.0833. The molecule has 0 radical (unpaired) electrons. The van der Waals surface area contributed by atoms with Crippen LogP contribution in [-0.2, 0) is 0 Å². The van der Waals surface area contributed by atoms with Crippen LogP contribution in [0.3, 0.4) is 0 Å². The summed E-state index contributed by atoms with van der Waals surface area (Å²) in [6.45, 7) is 1.69. The van der Waals surface area contributed by atoms with Crippen molar-refractivity contribution in [1.82, 2.24) is 9.78 Å². The molecule has 17 heavy (non-hydrogen) atoms. The van der Waals surface area contributed by atoms with Gasteiger partial charge in [0.25, 0.3) is 0 Å². The van der Waals surface area contributed by atoms with E-state index in [1.807, 2.05) is 0 Å². The van der Waals surface area contributed by atoms with Crippen molar-refractivity contribution < 1.29 is 14.7 Å². The van der Waals surface area contributed by atoms with Gasteiger partial charge in [-0.25, -0.2) is 9.48 Å². The SMILES string of the molecule is Cc1cn(-c2ccc(C=O)cc2)nc1C(=O)O. The van der Waals surface area contributed by atoms with E-state index < -0.39 is 5.97 Å². The Kier molecular flexibility index (Phi) is 2.74. The van der Waals surface area contributed by atoms with Crippen LogP contribution < -0.4 is 0 Å². The van der Waals surface area contributed by atoms with Gasteiger partial charge in [-0.05, 0) is 31.2 Å². The Labute approximate surface area is 97.3 Å². The fourth-order valence-corrected chi connectivity index (χ4v) is 1.51. The van der Waals surface area contributed by atoms with Crippen LogP contribution in [0.2, 0.25) is 0 Å². The van der Waals surface area contributed by atoms with E-state index in [-0.39, 0.29) is 5.69 Å². The number of carbonyl (C=O) groups excluding carboxylic acids is 1. The van der Waals surface area contributed by atoms with Gasteiger partial charge in [-0.2, -0.15) is 5.10 Å². The number of rotatable bonds is 3. The lowest BCUT2D eigenvalue weighted by Gasteiger charge is -2.00. The van der Waals surface area contributed by atoms with Crippen LogP contribution in [0.25, 0.3) is 5.69 Å². The van der Waals surface area contributed by atoms with E-state index in [1.54, 1.807) is 37.4 Å². The molecule has 0 spiro atoms. The fourth-order valence-electron chi connectivity index (χ4n) is 1.51. The Bertz CT molecular complexity index is 570. The maximum Gasteiger partial charge on any atom is 0.356 e. The van der Waals surface area contributed by atoms with Crippen molar-refractivity contribution >= 4 is 12.3 Å². The van der Waals surface area contributed by atoms with Gasteiger partial charge in [-0.3, -0.25) is 4.79 Å². The molecule has 0 saturated carbocycles. The molecule has 0 aliphatic carbocycles. The third-order valence-corrected chi connectivity index (χ3v) is 2.39. The van der Waals surface area contributed by atoms with Crippen molar-refractivity contribution in [3.8, 4) is 5.69 Å². The van der Waals surface area contributed by atoms with Gasteiger partial charge < -0.3 is 5.11 Å².